The number of anilines is 1. The maximum Gasteiger partial charge on any atom is 0.257 e. The molecule has 1 aromatic carbocycles. The number of amides is 1. The van der Waals surface area contributed by atoms with E-state index in [1.807, 2.05) is 12.1 Å². The molecule has 138 valence electrons. The van der Waals surface area contributed by atoms with Gasteiger partial charge < -0.3 is 9.47 Å². The second-order valence-electron chi connectivity index (χ2n) is 7.16. The molecule has 1 aliphatic heterocycles. The minimum Gasteiger partial charge on any atom is -0.491 e. The standard InChI is InChI=1S/C20H24N2O3S/c1-13-4-9-17-18(11-13)26-20(21-17)22-19(23)14-5-7-15(8-6-14)25-12-16-3-2-10-24-16/h5-8,13,16H,2-4,9-12H2,1H3,(H,21,22,23)/t13-,16-/m0/s1. The molecule has 5 nitrogen and oxygen atoms in total. The first kappa shape index (κ1) is 17.5. The monoisotopic (exact) mass is 372 g/mol. The Hall–Kier alpha value is -1.92. The van der Waals surface area contributed by atoms with Gasteiger partial charge in [-0.25, -0.2) is 4.98 Å². The quantitative estimate of drug-likeness (QED) is 0.859. The Labute approximate surface area is 157 Å². The van der Waals surface area contributed by atoms with Crippen LogP contribution in [0.2, 0.25) is 0 Å². The number of ether oxygens (including phenoxy) is 2. The van der Waals surface area contributed by atoms with Crippen molar-refractivity contribution < 1.29 is 14.3 Å². The van der Waals surface area contributed by atoms with Crippen LogP contribution in [0.25, 0.3) is 0 Å². The fourth-order valence-electron chi connectivity index (χ4n) is 3.43. The number of aryl methyl sites for hydroxylation is 1. The molecule has 4 rings (SSSR count). The predicted molar refractivity (Wildman–Crippen MR) is 102 cm³/mol. The van der Waals surface area contributed by atoms with Crippen LogP contribution in [-0.4, -0.2) is 30.2 Å². The second-order valence-corrected chi connectivity index (χ2v) is 8.25. The largest absolute Gasteiger partial charge is 0.491 e. The molecule has 2 atom stereocenters. The summed E-state index contributed by atoms with van der Waals surface area (Å²) < 4.78 is 11.3. The molecular weight excluding hydrogens is 348 g/mol. The number of carbonyl (C=O) groups excluding carboxylic acids is 1. The number of rotatable bonds is 5. The average molecular weight is 372 g/mol. The summed E-state index contributed by atoms with van der Waals surface area (Å²) in [4.78, 5) is 18.4. The van der Waals surface area contributed by atoms with Crippen molar-refractivity contribution in [1.82, 2.24) is 4.98 Å². The van der Waals surface area contributed by atoms with Crippen molar-refractivity contribution in [2.75, 3.05) is 18.5 Å². The molecule has 1 fully saturated rings. The Kier molecular flexibility index (Phi) is 5.22. The predicted octanol–water partition coefficient (Wildman–Crippen LogP) is 4.08. The maximum absolute atomic E-state index is 12.5. The highest BCUT2D eigenvalue weighted by atomic mass is 32.1. The van der Waals surface area contributed by atoms with E-state index >= 15 is 0 Å². The topological polar surface area (TPSA) is 60.5 Å². The molecule has 2 heterocycles. The number of fused-ring (bicyclic) bond motifs is 1. The van der Waals surface area contributed by atoms with Crippen LogP contribution in [0.3, 0.4) is 0 Å². The highest BCUT2D eigenvalue weighted by Gasteiger charge is 2.21. The Morgan fingerprint density at radius 1 is 1.35 bits per heavy atom. The van der Waals surface area contributed by atoms with Crippen LogP contribution < -0.4 is 10.1 Å². The van der Waals surface area contributed by atoms with Crippen molar-refractivity contribution in [3.05, 3.63) is 40.4 Å². The first-order valence-electron chi connectivity index (χ1n) is 9.32. The van der Waals surface area contributed by atoms with Crippen LogP contribution in [0.5, 0.6) is 5.75 Å². The summed E-state index contributed by atoms with van der Waals surface area (Å²) >= 11 is 1.61. The number of nitrogens with zero attached hydrogens (tertiary/aromatic N) is 1. The van der Waals surface area contributed by atoms with Crippen LogP contribution in [0.4, 0.5) is 5.13 Å². The lowest BCUT2D eigenvalue weighted by molar-refractivity contribution is 0.0679. The molecular formula is C20H24N2O3S. The van der Waals surface area contributed by atoms with E-state index in [1.54, 1.807) is 23.5 Å². The van der Waals surface area contributed by atoms with Crippen molar-refractivity contribution >= 4 is 22.4 Å². The summed E-state index contributed by atoms with van der Waals surface area (Å²) in [6.07, 6.45) is 5.61. The molecule has 26 heavy (non-hydrogen) atoms. The van der Waals surface area contributed by atoms with Gasteiger partial charge in [0.1, 0.15) is 12.4 Å². The molecule has 1 aromatic heterocycles. The fraction of sp³-hybridized carbons (Fsp3) is 0.500. The lowest BCUT2D eigenvalue weighted by Gasteiger charge is -2.15. The Balaban J connectivity index is 1.34. The minimum absolute atomic E-state index is 0.130. The smallest absolute Gasteiger partial charge is 0.257 e. The van der Waals surface area contributed by atoms with Gasteiger partial charge >= 0.3 is 0 Å². The molecule has 1 saturated heterocycles. The van der Waals surface area contributed by atoms with E-state index in [-0.39, 0.29) is 12.0 Å². The lowest BCUT2D eigenvalue weighted by Crippen LogP contribution is -2.16. The van der Waals surface area contributed by atoms with Crippen molar-refractivity contribution in [2.45, 2.75) is 45.1 Å². The minimum atomic E-state index is -0.130. The molecule has 2 aromatic rings. The molecule has 1 amide bonds. The van der Waals surface area contributed by atoms with Crippen molar-refractivity contribution in [1.29, 1.82) is 0 Å². The van der Waals surface area contributed by atoms with Gasteiger partial charge in [-0.2, -0.15) is 0 Å². The van der Waals surface area contributed by atoms with Crippen molar-refractivity contribution in [2.24, 2.45) is 5.92 Å². The normalized spacial score (nSPS) is 22.0. The van der Waals surface area contributed by atoms with Gasteiger partial charge in [0.05, 0.1) is 11.8 Å². The molecule has 0 unspecified atom stereocenters. The Bertz CT molecular complexity index is 766. The first-order chi connectivity index (χ1) is 12.7. The SMILES string of the molecule is C[C@H]1CCc2nc(NC(=O)c3ccc(OC[C@@H]4CCCO4)cc3)sc2C1. The number of aromatic nitrogens is 1. The van der Waals surface area contributed by atoms with Gasteiger partial charge in [0, 0.05) is 17.0 Å². The number of hydrogen-bond donors (Lipinski definition) is 1. The van der Waals surface area contributed by atoms with E-state index in [9.17, 15) is 4.79 Å². The van der Waals surface area contributed by atoms with Gasteiger partial charge in [0.25, 0.3) is 5.91 Å². The highest BCUT2D eigenvalue weighted by Crippen LogP contribution is 2.32. The first-order valence-corrected chi connectivity index (χ1v) is 10.1. The van der Waals surface area contributed by atoms with Crippen LogP contribution in [0.1, 0.15) is 47.1 Å². The number of thiazole rings is 1. The molecule has 0 radical (unpaired) electrons. The zero-order valence-corrected chi connectivity index (χ0v) is 15.8. The van der Waals surface area contributed by atoms with Gasteiger partial charge in [-0.05, 0) is 62.3 Å². The van der Waals surface area contributed by atoms with Crippen LogP contribution in [-0.2, 0) is 17.6 Å². The second kappa shape index (κ2) is 7.76. The highest BCUT2D eigenvalue weighted by molar-refractivity contribution is 7.15. The summed E-state index contributed by atoms with van der Waals surface area (Å²) in [5.41, 5.74) is 1.76. The van der Waals surface area contributed by atoms with Crippen molar-refractivity contribution in [3.8, 4) is 5.75 Å². The number of benzene rings is 1. The van der Waals surface area contributed by atoms with Crippen LogP contribution in [0, 0.1) is 5.92 Å². The third-order valence-electron chi connectivity index (χ3n) is 4.98. The summed E-state index contributed by atoms with van der Waals surface area (Å²) in [5, 5.41) is 3.64. The van der Waals surface area contributed by atoms with Crippen LogP contribution in [0.15, 0.2) is 24.3 Å². The fourth-order valence-corrected chi connectivity index (χ4v) is 4.60. The molecule has 1 aliphatic carbocycles. The van der Waals surface area contributed by atoms with Gasteiger partial charge in [0.15, 0.2) is 5.13 Å². The number of carbonyl (C=O) groups is 1. The number of nitrogens with one attached hydrogen (secondary N) is 1. The molecule has 6 heteroatoms. The van der Waals surface area contributed by atoms with Gasteiger partial charge in [-0.1, -0.05) is 6.92 Å². The van der Waals surface area contributed by atoms with E-state index in [1.165, 1.54) is 11.3 Å². The molecule has 0 saturated carbocycles. The van der Waals surface area contributed by atoms with E-state index in [4.69, 9.17) is 9.47 Å². The molecule has 0 spiro atoms. The summed E-state index contributed by atoms with van der Waals surface area (Å²) in [7, 11) is 0. The van der Waals surface area contributed by atoms with Gasteiger partial charge in [0.2, 0.25) is 0 Å². The molecule has 2 aliphatic rings. The zero-order chi connectivity index (χ0) is 17.9. The Morgan fingerprint density at radius 2 is 2.19 bits per heavy atom. The zero-order valence-electron chi connectivity index (χ0n) is 15.0. The molecule has 1 N–H and O–H groups in total. The van der Waals surface area contributed by atoms with Gasteiger partial charge in [-0.3, -0.25) is 10.1 Å². The molecule has 0 bridgehead atoms. The van der Waals surface area contributed by atoms with E-state index in [0.29, 0.717) is 23.2 Å². The maximum atomic E-state index is 12.5. The third-order valence-corrected chi connectivity index (χ3v) is 6.02. The summed E-state index contributed by atoms with van der Waals surface area (Å²) in [6, 6.07) is 7.24. The third kappa shape index (κ3) is 4.07. The van der Waals surface area contributed by atoms with Crippen LogP contribution >= 0.6 is 11.3 Å². The Morgan fingerprint density at radius 3 is 2.96 bits per heavy atom. The number of hydrogen-bond acceptors (Lipinski definition) is 5. The van der Waals surface area contributed by atoms with E-state index < -0.39 is 0 Å². The van der Waals surface area contributed by atoms with Crippen molar-refractivity contribution in [3.63, 3.8) is 0 Å². The summed E-state index contributed by atoms with van der Waals surface area (Å²) in [5.74, 6) is 1.33. The lowest BCUT2D eigenvalue weighted by atomic mass is 9.93. The summed E-state index contributed by atoms with van der Waals surface area (Å²) in [6.45, 7) is 3.66. The average Bonchev–Trinajstić information content (AvgIpc) is 3.29. The van der Waals surface area contributed by atoms with E-state index in [0.717, 1.165) is 43.7 Å². The van der Waals surface area contributed by atoms with E-state index in [2.05, 4.69) is 17.2 Å². The van der Waals surface area contributed by atoms with Gasteiger partial charge in [-0.15, -0.1) is 11.3 Å².